The van der Waals surface area contributed by atoms with E-state index in [2.05, 4.69) is 19.9 Å². The number of fused-ring (bicyclic) bond motifs is 1. The molecular formula is C25H24N6O3. The van der Waals surface area contributed by atoms with E-state index < -0.39 is 5.97 Å². The summed E-state index contributed by atoms with van der Waals surface area (Å²) in [7, 11) is 0. The molecule has 1 atom stereocenters. The zero-order valence-electron chi connectivity index (χ0n) is 18.5. The number of imidazole rings is 1. The molecule has 0 radical (unpaired) electrons. The number of nitrogens with zero attached hydrogens (tertiary/aromatic N) is 6. The van der Waals surface area contributed by atoms with Crippen molar-refractivity contribution in [1.82, 2.24) is 24.4 Å². The minimum Gasteiger partial charge on any atom is -0.481 e. The van der Waals surface area contributed by atoms with Gasteiger partial charge in [0.2, 0.25) is 0 Å². The van der Waals surface area contributed by atoms with Crippen LogP contribution in [0.25, 0.3) is 11.0 Å². The summed E-state index contributed by atoms with van der Waals surface area (Å²) >= 11 is 0. The number of amides is 1. The summed E-state index contributed by atoms with van der Waals surface area (Å²) in [6.07, 6.45) is 6.63. The van der Waals surface area contributed by atoms with Crippen LogP contribution in [0.5, 0.6) is 0 Å². The molecule has 2 aromatic heterocycles. The van der Waals surface area contributed by atoms with E-state index in [4.69, 9.17) is 0 Å². The lowest BCUT2D eigenvalue weighted by Crippen LogP contribution is -2.49. The van der Waals surface area contributed by atoms with Crippen LogP contribution in [0.2, 0.25) is 0 Å². The van der Waals surface area contributed by atoms with Crippen LogP contribution in [-0.4, -0.2) is 67.6 Å². The first-order chi connectivity index (χ1) is 16.6. The Morgan fingerprint density at radius 3 is 2.47 bits per heavy atom. The minimum atomic E-state index is -0.886. The smallest absolute Gasteiger partial charge is 0.305 e. The summed E-state index contributed by atoms with van der Waals surface area (Å²) < 4.78 is 1.87. The maximum absolute atomic E-state index is 13.2. The second-order valence-electron chi connectivity index (χ2n) is 8.22. The molecule has 1 saturated heterocycles. The Labute approximate surface area is 196 Å². The van der Waals surface area contributed by atoms with Gasteiger partial charge >= 0.3 is 5.97 Å². The number of hydrogen-bond acceptors (Lipinski definition) is 6. The molecular weight excluding hydrogens is 432 g/mol. The molecule has 172 valence electrons. The van der Waals surface area contributed by atoms with Crippen molar-refractivity contribution in [1.29, 1.82) is 0 Å². The number of piperazine rings is 1. The van der Waals surface area contributed by atoms with Crippen LogP contribution in [0.4, 0.5) is 5.82 Å². The molecule has 3 heterocycles. The van der Waals surface area contributed by atoms with Gasteiger partial charge in [0.1, 0.15) is 5.82 Å². The van der Waals surface area contributed by atoms with Gasteiger partial charge in [-0.25, -0.2) is 9.97 Å². The zero-order valence-corrected chi connectivity index (χ0v) is 18.5. The Hall–Kier alpha value is -4.27. The van der Waals surface area contributed by atoms with Crippen LogP contribution >= 0.6 is 0 Å². The molecule has 0 saturated carbocycles. The zero-order chi connectivity index (χ0) is 23.5. The molecule has 1 unspecified atom stereocenters. The highest BCUT2D eigenvalue weighted by Gasteiger charge is 2.24. The monoisotopic (exact) mass is 456 g/mol. The van der Waals surface area contributed by atoms with Gasteiger partial charge in [-0.05, 0) is 23.8 Å². The number of anilines is 1. The first kappa shape index (κ1) is 21.6. The summed E-state index contributed by atoms with van der Waals surface area (Å²) in [6, 6.07) is 14.6. The normalized spacial score (nSPS) is 14.8. The van der Waals surface area contributed by atoms with Gasteiger partial charge in [0.05, 0.1) is 36.0 Å². The Kier molecular flexibility index (Phi) is 5.90. The average molecular weight is 457 g/mol. The molecule has 1 aliphatic rings. The highest BCUT2D eigenvalue weighted by molar-refractivity contribution is 5.97. The predicted octanol–water partition coefficient (Wildman–Crippen LogP) is 2.85. The number of carboxylic acids is 1. The molecule has 1 N–H and O–H groups in total. The van der Waals surface area contributed by atoms with Crippen LogP contribution in [0.3, 0.4) is 0 Å². The Balaban J connectivity index is 1.35. The number of carbonyl (C=O) groups excluding carboxylic acids is 1. The van der Waals surface area contributed by atoms with Gasteiger partial charge in [-0.3, -0.25) is 14.6 Å². The van der Waals surface area contributed by atoms with Gasteiger partial charge in [0, 0.05) is 44.1 Å². The number of hydrogen-bond donors (Lipinski definition) is 1. The van der Waals surface area contributed by atoms with Crippen LogP contribution in [-0.2, 0) is 4.79 Å². The van der Waals surface area contributed by atoms with Gasteiger partial charge in [0.25, 0.3) is 5.91 Å². The largest absolute Gasteiger partial charge is 0.481 e. The Morgan fingerprint density at radius 1 is 0.971 bits per heavy atom. The third-order valence-electron chi connectivity index (χ3n) is 6.15. The Bertz CT molecular complexity index is 1300. The number of benzene rings is 2. The standard InChI is InChI=1S/C25H24N6O3/c32-24(33)15-22(18-4-2-1-3-5-18)31-17-28-20-14-19(6-7-21(20)31)25(34)30-12-10-29(11-13-30)23-16-26-8-9-27-23/h1-9,14,16-17,22H,10-13,15H2,(H,32,33). The molecule has 1 fully saturated rings. The molecule has 1 amide bonds. The van der Waals surface area contributed by atoms with E-state index in [1.54, 1.807) is 37.1 Å². The molecule has 5 rings (SSSR count). The van der Waals surface area contributed by atoms with Crippen LogP contribution in [0.15, 0.2) is 73.4 Å². The Morgan fingerprint density at radius 2 is 1.76 bits per heavy atom. The number of carbonyl (C=O) groups is 2. The number of rotatable bonds is 6. The van der Waals surface area contributed by atoms with Gasteiger partial charge in [-0.2, -0.15) is 0 Å². The molecule has 9 heteroatoms. The number of aliphatic carboxylic acids is 1. The van der Waals surface area contributed by atoms with E-state index >= 15 is 0 Å². The summed E-state index contributed by atoms with van der Waals surface area (Å²) in [5.74, 6) is -0.112. The molecule has 0 spiro atoms. The highest BCUT2D eigenvalue weighted by atomic mass is 16.4. The fraction of sp³-hybridized carbons (Fsp3) is 0.240. The SMILES string of the molecule is O=C(O)CC(c1ccccc1)n1cnc2cc(C(=O)N3CCN(c4cnccn4)CC3)ccc21. The molecule has 1 aliphatic heterocycles. The summed E-state index contributed by atoms with van der Waals surface area (Å²) in [6.45, 7) is 2.57. The van der Waals surface area contributed by atoms with Crippen molar-refractivity contribution in [3.63, 3.8) is 0 Å². The first-order valence-corrected chi connectivity index (χ1v) is 11.1. The van der Waals surface area contributed by atoms with Crippen molar-refractivity contribution in [3.05, 3.63) is 84.6 Å². The molecule has 34 heavy (non-hydrogen) atoms. The average Bonchev–Trinajstić information content (AvgIpc) is 3.31. The summed E-state index contributed by atoms with van der Waals surface area (Å²) in [5.41, 5.74) is 2.92. The van der Waals surface area contributed by atoms with Gasteiger partial charge in [-0.15, -0.1) is 0 Å². The van der Waals surface area contributed by atoms with Crippen molar-refractivity contribution in [2.75, 3.05) is 31.1 Å². The highest BCUT2D eigenvalue weighted by Crippen LogP contribution is 2.27. The van der Waals surface area contributed by atoms with E-state index in [1.165, 1.54) is 0 Å². The second kappa shape index (κ2) is 9.30. The van der Waals surface area contributed by atoms with Crippen molar-refractivity contribution < 1.29 is 14.7 Å². The molecule has 2 aromatic carbocycles. The molecule has 0 bridgehead atoms. The summed E-state index contributed by atoms with van der Waals surface area (Å²) in [5, 5.41) is 9.47. The summed E-state index contributed by atoms with van der Waals surface area (Å²) in [4.78, 5) is 41.6. The van der Waals surface area contributed by atoms with Crippen molar-refractivity contribution >= 4 is 28.7 Å². The fourth-order valence-corrected chi connectivity index (χ4v) is 4.41. The second-order valence-corrected chi connectivity index (χ2v) is 8.22. The van der Waals surface area contributed by atoms with Gasteiger partial charge in [0.15, 0.2) is 0 Å². The quantitative estimate of drug-likeness (QED) is 0.476. The maximum atomic E-state index is 13.2. The van der Waals surface area contributed by atoms with E-state index in [0.717, 1.165) is 16.9 Å². The first-order valence-electron chi connectivity index (χ1n) is 11.1. The third-order valence-corrected chi connectivity index (χ3v) is 6.15. The lowest BCUT2D eigenvalue weighted by molar-refractivity contribution is -0.137. The molecule has 9 nitrogen and oxygen atoms in total. The van der Waals surface area contributed by atoms with Crippen molar-refractivity contribution in [2.24, 2.45) is 0 Å². The number of aromatic nitrogens is 4. The van der Waals surface area contributed by atoms with E-state index in [9.17, 15) is 14.7 Å². The topological polar surface area (TPSA) is 104 Å². The van der Waals surface area contributed by atoms with E-state index in [1.807, 2.05) is 45.9 Å². The van der Waals surface area contributed by atoms with Crippen LogP contribution in [0.1, 0.15) is 28.4 Å². The molecule has 4 aromatic rings. The van der Waals surface area contributed by atoms with Gasteiger partial charge < -0.3 is 19.5 Å². The minimum absolute atomic E-state index is 0.0413. The van der Waals surface area contributed by atoms with Crippen molar-refractivity contribution in [3.8, 4) is 0 Å². The van der Waals surface area contributed by atoms with Crippen LogP contribution < -0.4 is 4.90 Å². The lowest BCUT2D eigenvalue weighted by Gasteiger charge is -2.35. The fourth-order valence-electron chi connectivity index (χ4n) is 4.41. The maximum Gasteiger partial charge on any atom is 0.305 e. The van der Waals surface area contributed by atoms with Crippen LogP contribution in [0, 0.1) is 0 Å². The lowest BCUT2D eigenvalue weighted by atomic mass is 10.0. The third kappa shape index (κ3) is 4.32. The number of carboxylic acid groups (broad SMARTS) is 1. The van der Waals surface area contributed by atoms with Gasteiger partial charge in [-0.1, -0.05) is 30.3 Å². The van der Waals surface area contributed by atoms with Crippen molar-refractivity contribution in [2.45, 2.75) is 12.5 Å². The van der Waals surface area contributed by atoms with E-state index in [-0.39, 0.29) is 18.4 Å². The van der Waals surface area contributed by atoms with E-state index in [0.29, 0.717) is 37.3 Å². The molecule has 0 aliphatic carbocycles. The predicted molar refractivity (Wildman–Crippen MR) is 127 cm³/mol.